The molecule has 21 heavy (non-hydrogen) atoms. The van der Waals surface area contributed by atoms with Crippen LogP contribution in [0, 0.1) is 5.92 Å². The van der Waals surface area contributed by atoms with Crippen molar-refractivity contribution in [3.8, 4) is 0 Å². The van der Waals surface area contributed by atoms with Gasteiger partial charge in [-0.1, -0.05) is 11.8 Å². The number of carbonyl (C=O) groups excluding carboxylic acids is 1. The Morgan fingerprint density at radius 3 is 2.86 bits per heavy atom. The van der Waals surface area contributed by atoms with Crippen molar-refractivity contribution in [2.45, 2.75) is 17.6 Å². The Hall–Kier alpha value is -1.61. The minimum absolute atomic E-state index is 0.0364. The molecule has 1 fully saturated rings. The van der Waals surface area contributed by atoms with Crippen molar-refractivity contribution in [2.75, 3.05) is 13.2 Å². The first-order chi connectivity index (χ1) is 9.97. The van der Waals surface area contributed by atoms with E-state index < -0.39 is 29.6 Å². The first kappa shape index (κ1) is 15.8. The van der Waals surface area contributed by atoms with Crippen LogP contribution in [0.4, 0.5) is 8.78 Å². The van der Waals surface area contributed by atoms with Crippen LogP contribution in [0.1, 0.15) is 16.3 Å². The molecule has 2 rings (SSSR count). The maximum absolute atomic E-state index is 12.0. The molecule has 0 aliphatic carbocycles. The second-order valence-electron chi connectivity index (χ2n) is 4.40. The summed E-state index contributed by atoms with van der Waals surface area (Å²) >= 11 is 0.390. The molecule has 1 aromatic heterocycles. The Balaban J connectivity index is 1.93. The van der Waals surface area contributed by atoms with E-state index in [-0.39, 0.29) is 30.5 Å². The van der Waals surface area contributed by atoms with Crippen molar-refractivity contribution >= 4 is 23.6 Å². The molecule has 1 aliphatic heterocycles. The summed E-state index contributed by atoms with van der Waals surface area (Å²) < 4.78 is 34.3. The fourth-order valence-corrected chi connectivity index (χ4v) is 2.35. The number of rotatable bonds is 6. The number of hydrogen-bond acceptors (Lipinski definition) is 5. The van der Waals surface area contributed by atoms with Crippen LogP contribution in [-0.2, 0) is 15.3 Å². The number of carbonyl (C=O) groups is 2. The average Bonchev–Trinajstić information content (AvgIpc) is 3.04. The molecular weight excluding hydrogens is 308 g/mol. The highest BCUT2D eigenvalue weighted by Gasteiger charge is 2.35. The highest BCUT2D eigenvalue weighted by Crippen LogP contribution is 2.21. The molecule has 116 valence electrons. The summed E-state index contributed by atoms with van der Waals surface area (Å²) in [5, 5.41) is 11.5. The molecule has 0 spiro atoms. The van der Waals surface area contributed by atoms with Crippen LogP contribution < -0.4 is 5.32 Å². The van der Waals surface area contributed by atoms with Crippen molar-refractivity contribution < 1.29 is 32.6 Å². The highest BCUT2D eigenvalue weighted by atomic mass is 32.2. The number of furan rings is 1. The summed E-state index contributed by atoms with van der Waals surface area (Å²) in [5.74, 6) is -4.80. The van der Waals surface area contributed by atoms with Crippen LogP contribution >= 0.6 is 11.8 Å². The van der Waals surface area contributed by atoms with E-state index in [0.717, 1.165) is 0 Å². The Labute approximate surface area is 122 Å². The third-order valence-corrected chi connectivity index (χ3v) is 3.65. The standard InChI is InChI=1S/C12H13F2NO5S/c13-12(14)21-5-6-1-2-9(20-6)10(16)15-8-4-19-3-7(8)11(17)18/h1-2,7-8,12H,3-5H2,(H,15,16)(H,17,18). The maximum Gasteiger partial charge on any atom is 0.311 e. The summed E-state index contributed by atoms with van der Waals surface area (Å²) in [6, 6.07) is 2.16. The lowest BCUT2D eigenvalue weighted by Gasteiger charge is -2.14. The summed E-state index contributed by atoms with van der Waals surface area (Å²) in [4.78, 5) is 22.9. The van der Waals surface area contributed by atoms with Gasteiger partial charge in [0.25, 0.3) is 11.7 Å². The van der Waals surface area contributed by atoms with Crippen molar-refractivity contribution in [3.05, 3.63) is 23.7 Å². The van der Waals surface area contributed by atoms with Gasteiger partial charge in [-0.3, -0.25) is 9.59 Å². The predicted molar refractivity (Wildman–Crippen MR) is 69.2 cm³/mol. The second kappa shape index (κ2) is 6.90. The van der Waals surface area contributed by atoms with Gasteiger partial charge in [0.2, 0.25) is 0 Å². The highest BCUT2D eigenvalue weighted by molar-refractivity contribution is 7.98. The van der Waals surface area contributed by atoms with Crippen molar-refractivity contribution in [2.24, 2.45) is 5.92 Å². The van der Waals surface area contributed by atoms with Crippen LogP contribution in [0.25, 0.3) is 0 Å². The molecule has 9 heteroatoms. The third-order valence-electron chi connectivity index (χ3n) is 2.95. The average molecular weight is 321 g/mol. The van der Waals surface area contributed by atoms with Crippen LogP contribution in [0.5, 0.6) is 0 Å². The van der Waals surface area contributed by atoms with Crippen LogP contribution in [0.15, 0.2) is 16.5 Å². The number of aliphatic carboxylic acids is 1. The van der Waals surface area contributed by atoms with Crippen molar-refractivity contribution in [3.63, 3.8) is 0 Å². The van der Waals surface area contributed by atoms with E-state index in [9.17, 15) is 18.4 Å². The van der Waals surface area contributed by atoms with Gasteiger partial charge in [0.1, 0.15) is 11.7 Å². The molecule has 1 saturated heterocycles. The third kappa shape index (κ3) is 4.18. The van der Waals surface area contributed by atoms with Gasteiger partial charge in [0, 0.05) is 0 Å². The molecule has 1 aromatic rings. The largest absolute Gasteiger partial charge is 0.481 e. The number of halogens is 2. The zero-order valence-corrected chi connectivity index (χ0v) is 11.6. The maximum atomic E-state index is 12.0. The molecule has 6 nitrogen and oxygen atoms in total. The van der Waals surface area contributed by atoms with Gasteiger partial charge in [-0.25, -0.2) is 0 Å². The van der Waals surface area contributed by atoms with E-state index in [4.69, 9.17) is 14.3 Å². The van der Waals surface area contributed by atoms with E-state index in [2.05, 4.69) is 5.32 Å². The smallest absolute Gasteiger partial charge is 0.311 e. The SMILES string of the molecule is O=C(NC1COCC1C(=O)O)c1ccc(CSC(F)F)o1. The lowest BCUT2D eigenvalue weighted by atomic mass is 10.0. The first-order valence-electron chi connectivity index (χ1n) is 6.07. The molecular formula is C12H13F2NO5S. The Morgan fingerprint density at radius 2 is 2.19 bits per heavy atom. The Bertz CT molecular complexity index is 522. The van der Waals surface area contributed by atoms with E-state index in [1.807, 2.05) is 0 Å². The number of nitrogens with one attached hydrogen (secondary N) is 1. The van der Waals surface area contributed by atoms with Crippen LogP contribution in [-0.4, -0.2) is 42.0 Å². The molecule has 2 atom stereocenters. The lowest BCUT2D eigenvalue weighted by Crippen LogP contribution is -2.42. The van der Waals surface area contributed by atoms with E-state index >= 15 is 0 Å². The van der Waals surface area contributed by atoms with Crippen LogP contribution in [0.2, 0.25) is 0 Å². The van der Waals surface area contributed by atoms with Crippen molar-refractivity contribution in [1.29, 1.82) is 0 Å². The molecule has 2 heterocycles. The molecule has 1 aliphatic rings. The monoisotopic (exact) mass is 321 g/mol. The number of ether oxygens (including phenoxy) is 1. The fraction of sp³-hybridized carbons (Fsp3) is 0.500. The molecule has 2 unspecified atom stereocenters. The molecule has 0 bridgehead atoms. The quantitative estimate of drug-likeness (QED) is 0.827. The zero-order chi connectivity index (χ0) is 15.4. The van der Waals surface area contributed by atoms with E-state index in [1.165, 1.54) is 12.1 Å². The van der Waals surface area contributed by atoms with Gasteiger partial charge in [-0.05, 0) is 12.1 Å². The van der Waals surface area contributed by atoms with Gasteiger partial charge in [-0.15, -0.1) is 0 Å². The van der Waals surface area contributed by atoms with Gasteiger partial charge >= 0.3 is 5.97 Å². The number of carboxylic acid groups (broad SMARTS) is 1. The second-order valence-corrected chi connectivity index (χ2v) is 5.38. The molecule has 0 aromatic carbocycles. The first-order valence-corrected chi connectivity index (χ1v) is 7.12. The summed E-state index contributed by atoms with van der Waals surface area (Å²) in [6.07, 6.45) is 0. The number of amides is 1. The van der Waals surface area contributed by atoms with Crippen molar-refractivity contribution in [1.82, 2.24) is 5.32 Å². The van der Waals surface area contributed by atoms with Gasteiger partial charge in [0.05, 0.1) is 25.0 Å². The molecule has 2 N–H and O–H groups in total. The summed E-state index contributed by atoms with van der Waals surface area (Å²) in [5.41, 5.74) is 0. The van der Waals surface area contributed by atoms with E-state index in [0.29, 0.717) is 11.8 Å². The van der Waals surface area contributed by atoms with Gasteiger partial charge < -0.3 is 19.6 Å². The normalized spacial score (nSPS) is 21.7. The number of carboxylic acids is 1. The van der Waals surface area contributed by atoms with Crippen LogP contribution in [0.3, 0.4) is 0 Å². The molecule has 0 radical (unpaired) electrons. The zero-order valence-electron chi connectivity index (χ0n) is 10.8. The minimum Gasteiger partial charge on any atom is -0.481 e. The Kier molecular flexibility index (Phi) is 5.18. The summed E-state index contributed by atoms with van der Waals surface area (Å²) in [7, 11) is 0. The molecule has 1 amide bonds. The van der Waals surface area contributed by atoms with Gasteiger partial charge in [-0.2, -0.15) is 8.78 Å². The van der Waals surface area contributed by atoms with E-state index in [1.54, 1.807) is 0 Å². The van der Waals surface area contributed by atoms with Gasteiger partial charge in [0.15, 0.2) is 5.76 Å². The number of alkyl halides is 2. The predicted octanol–water partition coefficient (Wildman–Crippen LogP) is 1.56. The fourth-order valence-electron chi connectivity index (χ4n) is 1.90. The Morgan fingerprint density at radius 1 is 1.43 bits per heavy atom. The number of hydrogen-bond donors (Lipinski definition) is 2. The lowest BCUT2D eigenvalue weighted by molar-refractivity contribution is -0.142. The topological polar surface area (TPSA) is 88.8 Å². The molecule has 0 saturated carbocycles. The summed E-state index contributed by atoms with van der Waals surface area (Å²) in [6.45, 7) is 0.145. The minimum atomic E-state index is -2.51. The number of thioether (sulfide) groups is 1.